The summed E-state index contributed by atoms with van der Waals surface area (Å²) in [6.07, 6.45) is 2.66. The molecule has 0 amide bonds. The second kappa shape index (κ2) is 5.45. The molecular weight excluding hydrogens is 204 g/mol. The van der Waals surface area contributed by atoms with Gasteiger partial charge in [0.15, 0.2) is 0 Å². The van der Waals surface area contributed by atoms with Gasteiger partial charge in [-0.1, -0.05) is 38.5 Å². The van der Waals surface area contributed by atoms with E-state index in [2.05, 4.69) is 6.92 Å². The van der Waals surface area contributed by atoms with Crippen molar-refractivity contribution >= 4 is 11.8 Å². The van der Waals surface area contributed by atoms with E-state index < -0.39 is 11.8 Å². The standard InChI is InChI=1S/C13H16O3/c1-3-5-9-6-7-11(10(4-2)8-9)12(14)13(15)16/h6-8H,3-5H2,1-2H3,(H,15,16). The van der Waals surface area contributed by atoms with Crippen molar-refractivity contribution in [1.82, 2.24) is 0 Å². The highest BCUT2D eigenvalue weighted by atomic mass is 16.4. The number of hydrogen-bond acceptors (Lipinski definition) is 2. The first kappa shape index (κ1) is 12.4. The minimum Gasteiger partial charge on any atom is -0.475 e. The number of carboxylic acid groups (broad SMARTS) is 1. The number of carbonyl (C=O) groups is 2. The summed E-state index contributed by atoms with van der Waals surface area (Å²) in [4.78, 5) is 22.0. The van der Waals surface area contributed by atoms with E-state index in [1.807, 2.05) is 19.1 Å². The normalized spacial score (nSPS) is 10.1. The van der Waals surface area contributed by atoms with Gasteiger partial charge in [0.1, 0.15) is 0 Å². The highest BCUT2D eigenvalue weighted by Gasteiger charge is 2.17. The van der Waals surface area contributed by atoms with E-state index in [1.54, 1.807) is 6.07 Å². The monoisotopic (exact) mass is 220 g/mol. The van der Waals surface area contributed by atoms with Gasteiger partial charge in [-0.3, -0.25) is 4.79 Å². The number of aryl methyl sites for hydroxylation is 2. The summed E-state index contributed by atoms with van der Waals surface area (Å²) in [5.41, 5.74) is 2.29. The van der Waals surface area contributed by atoms with Gasteiger partial charge in [0.25, 0.3) is 5.78 Å². The Balaban J connectivity index is 3.11. The van der Waals surface area contributed by atoms with Gasteiger partial charge in [-0.05, 0) is 24.0 Å². The third-order valence-corrected chi connectivity index (χ3v) is 2.53. The van der Waals surface area contributed by atoms with Crippen molar-refractivity contribution in [3.05, 3.63) is 34.9 Å². The maximum absolute atomic E-state index is 11.4. The van der Waals surface area contributed by atoms with Crippen molar-refractivity contribution in [2.24, 2.45) is 0 Å². The second-order valence-corrected chi connectivity index (χ2v) is 3.73. The smallest absolute Gasteiger partial charge is 0.377 e. The van der Waals surface area contributed by atoms with Crippen LogP contribution in [0.25, 0.3) is 0 Å². The molecular formula is C13H16O3. The average molecular weight is 220 g/mol. The van der Waals surface area contributed by atoms with Gasteiger partial charge in [-0.2, -0.15) is 0 Å². The minimum absolute atomic E-state index is 0.315. The van der Waals surface area contributed by atoms with Crippen LogP contribution in [-0.2, 0) is 17.6 Å². The summed E-state index contributed by atoms with van der Waals surface area (Å²) in [5.74, 6) is -2.21. The number of carboxylic acids is 1. The van der Waals surface area contributed by atoms with Crippen molar-refractivity contribution in [2.45, 2.75) is 33.1 Å². The Morgan fingerprint density at radius 1 is 1.25 bits per heavy atom. The molecule has 1 aromatic carbocycles. The van der Waals surface area contributed by atoms with Crippen molar-refractivity contribution in [3.8, 4) is 0 Å². The van der Waals surface area contributed by atoms with E-state index in [0.717, 1.165) is 24.0 Å². The Labute approximate surface area is 95.1 Å². The van der Waals surface area contributed by atoms with E-state index in [9.17, 15) is 9.59 Å². The zero-order valence-corrected chi connectivity index (χ0v) is 9.62. The lowest BCUT2D eigenvalue weighted by atomic mass is 9.97. The van der Waals surface area contributed by atoms with Crippen LogP contribution in [0.4, 0.5) is 0 Å². The fourth-order valence-electron chi connectivity index (χ4n) is 1.72. The van der Waals surface area contributed by atoms with Crippen LogP contribution in [0.2, 0.25) is 0 Å². The molecule has 1 N–H and O–H groups in total. The zero-order chi connectivity index (χ0) is 12.1. The third kappa shape index (κ3) is 2.69. The van der Waals surface area contributed by atoms with Crippen LogP contribution in [0.1, 0.15) is 41.8 Å². The highest BCUT2D eigenvalue weighted by molar-refractivity contribution is 6.40. The van der Waals surface area contributed by atoms with Gasteiger partial charge < -0.3 is 5.11 Å². The Hall–Kier alpha value is -1.64. The van der Waals surface area contributed by atoms with Crippen molar-refractivity contribution in [3.63, 3.8) is 0 Å². The quantitative estimate of drug-likeness (QED) is 0.612. The molecule has 3 nitrogen and oxygen atoms in total. The SMILES string of the molecule is CCCc1ccc(C(=O)C(=O)O)c(CC)c1. The number of hydrogen-bond donors (Lipinski definition) is 1. The van der Waals surface area contributed by atoms with E-state index in [1.165, 1.54) is 0 Å². The number of carbonyl (C=O) groups excluding carboxylic acids is 1. The molecule has 0 aliphatic heterocycles. The van der Waals surface area contributed by atoms with Crippen LogP contribution in [0.5, 0.6) is 0 Å². The lowest BCUT2D eigenvalue weighted by molar-refractivity contribution is -0.131. The van der Waals surface area contributed by atoms with Crippen molar-refractivity contribution in [2.75, 3.05) is 0 Å². The van der Waals surface area contributed by atoms with Gasteiger partial charge in [-0.25, -0.2) is 4.79 Å². The molecule has 16 heavy (non-hydrogen) atoms. The molecule has 0 saturated heterocycles. The van der Waals surface area contributed by atoms with Gasteiger partial charge >= 0.3 is 5.97 Å². The number of Topliss-reactive ketones (excluding diaryl/α,β-unsaturated/α-hetero) is 1. The molecule has 1 rings (SSSR count). The van der Waals surface area contributed by atoms with Gasteiger partial charge in [0.05, 0.1) is 0 Å². The molecule has 0 aromatic heterocycles. The summed E-state index contributed by atoms with van der Waals surface area (Å²) >= 11 is 0. The summed E-state index contributed by atoms with van der Waals surface area (Å²) in [6, 6.07) is 5.39. The van der Waals surface area contributed by atoms with E-state index in [-0.39, 0.29) is 0 Å². The molecule has 1 aromatic rings. The number of aliphatic carboxylic acids is 1. The van der Waals surface area contributed by atoms with Crippen molar-refractivity contribution in [1.29, 1.82) is 0 Å². The van der Waals surface area contributed by atoms with Crippen LogP contribution in [0.3, 0.4) is 0 Å². The molecule has 0 atom stereocenters. The molecule has 0 radical (unpaired) electrons. The number of ketones is 1. The first-order valence-corrected chi connectivity index (χ1v) is 5.49. The molecule has 0 aliphatic carbocycles. The summed E-state index contributed by atoms with van der Waals surface area (Å²) in [6.45, 7) is 4.01. The Bertz CT molecular complexity index is 408. The first-order chi connectivity index (χ1) is 7.60. The lowest BCUT2D eigenvalue weighted by Crippen LogP contribution is -2.15. The Kier molecular flexibility index (Phi) is 4.23. The number of rotatable bonds is 5. The van der Waals surface area contributed by atoms with Crippen LogP contribution >= 0.6 is 0 Å². The lowest BCUT2D eigenvalue weighted by Gasteiger charge is -2.07. The fourth-order valence-corrected chi connectivity index (χ4v) is 1.72. The summed E-state index contributed by atoms with van der Waals surface area (Å²) in [5, 5.41) is 8.68. The summed E-state index contributed by atoms with van der Waals surface area (Å²) in [7, 11) is 0. The summed E-state index contributed by atoms with van der Waals surface area (Å²) < 4.78 is 0. The van der Waals surface area contributed by atoms with Crippen LogP contribution in [0, 0.1) is 0 Å². The fraction of sp³-hybridized carbons (Fsp3) is 0.385. The molecule has 0 unspecified atom stereocenters. The topological polar surface area (TPSA) is 54.4 Å². The highest BCUT2D eigenvalue weighted by Crippen LogP contribution is 2.15. The zero-order valence-electron chi connectivity index (χ0n) is 9.62. The van der Waals surface area contributed by atoms with Crippen LogP contribution < -0.4 is 0 Å². The van der Waals surface area contributed by atoms with Gasteiger partial charge in [-0.15, -0.1) is 0 Å². The molecule has 0 spiro atoms. The molecule has 0 saturated carbocycles. The van der Waals surface area contributed by atoms with E-state index in [0.29, 0.717) is 12.0 Å². The largest absolute Gasteiger partial charge is 0.475 e. The third-order valence-electron chi connectivity index (χ3n) is 2.53. The van der Waals surface area contributed by atoms with Crippen molar-refractivity contribution < 1.29 is 14.7 Å². The maximum Gasteiger partial charge on any atom is 0.377 e. The number of benzene rings is 1. The van der Waals surface area contributed by atoms with Gasteiger partial charge in [0.2, 0.25) is 0 Å². The predicted octanol–water partition coefficient (Wildman–Crippen LogP) is 2.47. The molecule has 0 aliphatic rings. The van der Waals surface area contributed by atoms with E-state index in [4.69, 9.17) is 5.11 Å². The maximum atomic E-state index is 11.4. The average Bonchev–Trinajstić information content (AvgIpc) is 2.28. The van der Waals surface area contributed by atoms with Gasteiger partial charge in [0, 0.05) is 5.56 Å². The second-order valence-electron chi connectivity index (χ2n) is 3.73. The first-order valence-electron chi connectivity index (χ1n) is 5.49. The van der Waals surface area contributed by atoms with Crippen LogP contribution in [0.15, 0.2) is 18.2 Å². The predicted molar refractivity (Wildman–Crippen MR) is 61.8 cm³/mol. The molecule has 86 valence electrons. The Morgan fingerprint density at radius 2 is 1.94 bits per heavy atom. The van der Waals surface area contributed by atoms with Crippen LogP contribution in [-0.4, -0.2) is 16.9 Å². The molecule has 0 fully saturated rings. The molecule has 3 heteroatoms. The molecule has 0 heterocycles. The Morgan fingerprint density at radius 3 is 2.44 bits per heavy atom. The molecule has 0 bridgehead atoms. The van der Waals surface area contributed by atoms with E-state index >= 15 is 0 Å². The minimum atomic E-state index is -1.39.